The predicted octanol–water partition coefficient (Wildman–Crippen LogP) is 3.27. The van der Waals surface area contributed by atoms with Gasteiger partial charge in [-0.3, -0.25) is 4.79 Å². The molecule has 21 heavy (non-hydrogen) atoms. The van der Waals surface area contributed by atoms with Gasteiger partial charge in [0.05, 0.1) is 10.5 Å². The Morgan fingerprint density at radius 3 is 2.24 bits per heavy atom. The zero-order valence-electron chi connectivity index (χ0n) is 10.5. The lowest BCUT2D eigenvalue weighted by Gasteiger charge is -2.05. The molecule has 0 radical (unpaired) electrons. The zero-order chi connectivity index (χ0) is 15.6. The van der Waals surface area contributed by atoms with Crippen molar-refractivity contribution in [2.24, 2.45) is 0 Å². The van der Waals surface area contributed by atoms with E-state index >= 15 is 0 Å². The highest BCUT2D eigenvalue weighted by Crippen LogP contribution is 2.18. The van der Waals surface area contributed by atoms with Crippen molar-refractivity contribution >= 4 is 27.2 Å². The Bertz CT molecular complexity index is 786. The van der Waals surface area contributed by atoms with E-state index in [-0.39, 0.29) is 4.90 Å². The lowest BCUT2D eigenvalue weighted by molar-refractivity contribution is 0.101. The van der Waals surface area contributed by atoms with E-state index in [0.29, 0.717) is 11.1 Å². The molecule has 0 heterocycles. The van der Waals surface area contributed by atoms with Gasteiger partial charge in [0.1, 0.15) is 17.4 Å². The van der Waals surface area contributed by atoms with Crippen LogP contribution in [0.1, 0.15) is 10.4 Å². The number of carbonyl (C=O) groups excluding carboxylic acids is 1. The van der Waals surface area contributed by atoms with Crippen LogP contribution >= 0.6 is 11.6 Å². The van der Waals surface area contributed by atoms with Crippen molar-refractivity contribution < 1.29 is 22.0 Å². The van der Waals surface area contributed by atoms with E-state index in [4.69, 9.17) is 11.6 Å². The number of hydrogen-bond donors (Lipinski definition) is 0. The van der Waals surface area contributed by atoms with E-state index in [0.717, 1.165) is 12.1 Å². The molecule has 0 aliphatic rings. The molecule has 2 aromatic carbocycles. The highest BCUT2D eigenvalue weighted by Gasteiger charge is 2.22. The fourth-order valence-corrected chi connectivity index (χ4v) is 3.04. The number of sulfone groups is 1. The van der Waals surface area contributed by atoms with E-state index in [9.17, 15) is 22.0 Å². The molecule has 0 saturated carbocycles. The maximum atomic E-state index is 13.5. The summed E-state index contributed by atoms with van der Waals surface area (Å²) < 4.78 is 50.3. The molecule has 0 aliphatic carbocycles. The molecule has 2 rings (SSSR count). The Kier molecular flexibility index (Phi) is 4.39. The van der Waals surface area contributed by atoms with E-state index in [2.05, 4.69) is 0 Å². The van der Waals surface area contributed by atoms with Crippen LogP contribution < -0.4 is 0 Å². The summed E-state index contributed by atoms with van der Waals surface area (Å²) in [7, 11) is -3.92. The summed E-state index contributed by atoms with van der Waals surface area (Å²) in [6.07, 6.45) is 0. The van der Waals surface area contributed by atoms with Crippen LogP contribution in [0.2, 0.25) is 5.02 Å². The lowest BCUT2D eigenvalue weighted by Crippen LogP contribution is -2.17. The summed E-state index contributed by atoms with van der Waals surface area (Å²) >= 11 is 5.65. The first kappa shape index (κ1) is 15.6. The number of rotatable bonds is 4. The molecule has 7 heteroatoms. The quantitative estimate of drug-likeness (QED) is 0.808. The number of halogens is 3. The number of Topliss-reactive ketones (excluding diaryl/α,β-unsaturated/α-hetero) is 1. The average molecular weight is 331 g/mol. The molecular formula is C14H9ClF2O3S. The van der Waals surface area contributed by atoms with Crippen molar-refractivity contribution in [3.63, 3.8) is 0 Å². The van der Waals surface area contributed by atoms with E-state index in [1.54, 1.807) is 0 Å². The highest BCUT2D eigenvalue weighted by atomic mass is 35.5. The van der Waals surface area contributed by atoms with E-state index < -0.39 is 38.6 Å². The van der Waals surface area contributed by atoms with Crippen LogP contribution in [0.3, 0.4) is 0 Å². The van der Waals surface area contributed by atoms with E-state index in [1.165, 1.54) is 24.3 Å². The summed E-state index contributed by atoms with van der Waals surface area (Å²) in [6.45, 7) is 0. The molecule has 0 atom stereocenters. The van der Waals surface area contributed by atoms with Crippen molar-refractivity contribution in [3.05, 3.63) is 64.7 Å². The van der Waals surface area contributed by atoms with Crippen LogP contribution in [0.4, 0.5) is 8.78 Å². The Hall–Kier alpha value is -1.79. The van der Waals surface area contributed by atoms with Crippen molar-refractivity contribution in [2.45, 2.75) is 4.90 Å². The van der Waals surface area contributed by atoms with Crippen molar-refractivity contribution in [3.8, 4) is 0 Å². The Morgan fingerprint density at radius 1 is 1.05 bits per heavy atom. The van der Waals surface area contributed by atoms with Gasteiger partial charge in [0.25, 0.3) is 0 Å². The Labute approximate surface area is 125 Å². The molecule has 0 amide bonds. The van der Waals surface area contributed by atoms with E-state index in [1.807, 2.05) is 0 Å². The van der Waals surface area contributed by atoms with Gasteiger partial charge in [0.2, 0.25) is 0 Å². The molecule has 0 N–H and O–H groups in total. The van der Waals surface area contributed by atoms with Crippen LogP contribution in [-0.2, 0) is 9.84 Å². The second-order valence-corrected chi connectivity index (χ2v) is 6.69. The van der Waals surface area contributed by atoms with Crippen LogP contribution in [0.15, 0.2) is 47.4 Å². The summed E-state index contributed by atoms with van der Waals surface area (Å²) in [5.74, 6) is -3.78. The van der Waals surface area contributed by atoms with Gasteiger partial charge in [0, 0.05) is 11.1 Å². The minimum absolute atomic E-state index is 0.0947. The van der Waals surface area contributed by atoms with Crippen molar-refractivity contribution in [2.75, 3.05) is 5.75 Å². The molecule has 0 bridgehead atoms. The first-order valence-corrected chi connectivity index (χ1v) is 7.79. The van der Waals surface area contributed by atoms with Crippen LogP contribution in [-0.4, -0.2) is 20.0 Å². The maximum absolute atomic E-state index is 13.5. The monoisotopic (exact) mass is 330 g/mol. The summed E-state index contributed by atoms with van der Waals surface area (Å²) in [6, 6.07) is 7.60. The topological polar surface area (TPSA) is 51.2 Å². The molecular weight excluding hydrogens is 322 g/mol. The van der Waals surface area contributed by atoms with Crippen molar-refractivity contribution in [1.29, 1.82) is 0 Å². The van der Waals surface area contributed by atoms with Gasteiger partial charge < -0.3 is 0 Å². The number of hydrogen-bond acceptors (Lipinski definition) is 3. The first-order chi connectivity index (χ1) is 9.79. The zero-order valence-corrected chi connectivity index (χ0v) is 12.1. The highest BCUT2D eigenvalue weighted by molar-refractivity contribution is 7.92. The lowest BCUT2D eigenvalue weighted by atomic mass is 10.1. The first-order valence-electron chi connectivity index (χ1n) is 5.76. The van der Waals surface area contributed by atoms with Crippen molar-refractivity contribution in [1.82, 2.24) is 0 Å². The predicted molar refractivity (Wildman–Crippen MR) is 74.2 cm³/mol. The van der Waals surface area contributed by atoms with Crippen LogP contribution in [0.25, 0.3) is 0 Å². The van der Waals surface area contributed by atoms with Gasteiger partial charge in [-0.2, -0.15) is 0 Å². The third-order valence-electron chi connectivity index (χ3n) is 2.73. The van der Waals surface area contributed by atoms with Gasteiger partial charge >= 0.3 is 0 Å². The second kappa shape index (κ2) is 5.91. The smallest absolute Gasteiger partial charge is 0.185 e. The van der Waals surface area contributed by atoms with Gasteiger partial charge in [-0.25, -0.2) is 17.2 Å². The summed E-state index contributed by atoms with van der Waals surface area (Å²) in [4.78, 5) is 11.8. The number of ketones is 1. The molecule has 0 aromatic heterocycles. The standard InChI is InChI=1S/C14H9ClF2O3S/c15-9-1-4-11(5-2-9)21(19,20)8-14(18)12-6-3-10(16)7-13(12)17/h1-7H,8H2. The molecule has 0 aliphatic heterocycles. The molecule has 0 fully saturated rings. The van der Waals surface area contributed by atoms with Gasteiger partial charge in [-0.1, -0.05) is 11.6 Å². The Morgan fingerprint density at radius 2 is 1.67 bits per heavy atom. The fourth-order valence-electron chi connectivity index (χ4n) is 1.69. The third-order valence-corrected chi connectivity index (χ3v) is 4.61. The molecule has 2 aromatic rings. The van der Waals surface area contributed by atoms with Gasteiger partial charge in [0.15, 0.2) is 15.6 Å². The minimum Gasteiger partial charge on any atom is -0.293 e. The molecule has 3 nitrogen and oxygen atoms in total. The molecule has 0 spiro atoms. The fraction of sp³-hybridized carbons (Fsp3) is 0.0714. The second-order valence-electron chi connectivity index (χ2n) is 4.26. The third kappa shape index (κ3) is 3.65. The maximum Gasteiger partial charge on any atom is 0.185 e. The molecule has 0 unspecified atom stereocenters. The average Bonchev–Trinajstić information content (AvgIpc) is 2.38. The van der Waals surface area contributed by atoms with Crippen LogP contribution in [0, 0.1) is 11.6 Å². The minimum atomic E-state index is -3.92. The molecule has 110 valence electrons. The van der Waals surface area contributed by atoms with Gasteiger partial charge in [-0.05, 0) is 36.4 Å². The normalized spacial score (nSPS) is 11.4. The Balaban J connectivity index is 2.28. The van der Waals surface area contributed by atoms with Crippen LogP contribution in [0.5, 0.6) is 0 Å². The number of carbonyl (C=O) groups is 1. The SMILES string of the molecule is O=C(CS(=O)(=O)c1ccc(Cl)cc1)c1ccc(F)cc1F. The molecule has 0 saturated heterocycles. The summed E-state index contributed by atoms with van der Waals surface area (Å²) in [5.41, 5.74) is -0.464. The van der Waals surface area contributed by atoms with Gasteiger partial charge in [-0.15, -0.1) is 0 Å². The number of benzene rings is 2. The largest absolute Gasteiger partial charge is 0.293 e. The summed E-state index contributed by atoms with van der Waals surface area (Å²) in [5, 5.41) is 0.352.